The molecule has 18 heavy (non-hydrogen) atoms. The molecule has 2 aromatic rings. The van der Waals surface area contributed by atoms with Crippen molar-refractivity contribution in [2.45, 2.75) is 19.9 Å². The molecule has 1 aromatic carbocycles. The Bertz CT molecular complexity index is 537. The molecule has 0 unspecified atom stereocenters. The zero-order valence-electron chi connectivity index (χ0n) is 9.85. The summed E-state index contributed by atoms with van der Waals surface area (Å²) >= 11 is 0. The number of hydrogen-bond donors (Lipinski definition) is 2. The van der Waals surface area contributed by atoms with Crippen LogP contribution in [0, 0.1) is 5.82 Å². The van der Waals surface area contributed by atoms with Gasteiger partial charge in [0.15, 0.2) is 0 Å². The number of aromatic nitrogens is 4. The number of nitrogens with one attached hydrogen (secondary N) is 2. The number of carbonyl (C=O) groups excluding carboxylic acids is 1. The molecule has 0 aliphatic rings. The van der Waals surface area contributed by atoms with Gasteiger partial charge in [0.1, 0.15) is 12.4 Å². The van der Waals surface area contributed by atoms with Crippen LogP contribution in [0.2, 0.25) is 0 Å². The van der Waals surface area contributed by atoms with E-state index in [2.05, 4.69) is 20.7 Å². The summed E-state index contributed by atoms with van der Waals surface area (Å²) in [6.45, 7) is 2.70. The molecule has 0 atom stereocenters. The minimum absolute atomic E-state index is 0.192. The van der Waals surface area contributed by atoms with E-state index in [1.54, 1.807) is 0 Å². The Morgan fingerprint density at radius 1 is 1.44 bits per heavy atom. The predicted molar refractivity (Wildman–Crippen MR) is 61.2 cm³/mol. The van der Waals surface area contributed by atoms with E-state index in [1.165, 1.54) is 29.1 Å². The molecule has 0 saturated carbocycles. The molecule has 1 amide bonds. The van der Waals surface area contributed by atoms with Crippen LogP contribution in [0.4, 0.5) is 10.3 Å². The van der Waals surface area contributed by atoms with Crippen molar-refractivity contribution >= 4 is 11.9 Å². The molecule has 0 radical (unpaired) electrons. The van der Waals surface area contributed by atoms with Crippen LogP contribution < -0.4 is 10.1 Å². The Balaban J connectivity index is 2.04. The van der Waals surface area contributed by atoms with Gasteiger partial charge in [-0.3, -0.25) is 10.1 Å². The normalized spacial score (nSPS) is 10.3. The van der Waals surface area contributed by atoms with Crippen LogP contribution in [0.5, 0.6) is 0 Å². The number of nitrogens with zero attached hydrogens (tertiary/aromatic N) is 3. The van der Waals surface area contributed by atoms with Gasteiger partial charge < -0.3 is 0 Å². The third-order valence-electron chi connectivity index (χ3n) is 2.25. The Hall–Kier alpha value is -2.31. The van der Waals surface area contributed by atoms with Gasteiger partial charge in [-0.2, -0.15) is 0 Å². The Kier molecular flexibility index (Phi) is 3.61. The highest BCUT2D eigenvalue weighted by molar-refractivity contribution is 6.03. The van der Waals surface area contributed by atoms with E-state index in [0.717, 1.165) is 6.42 Å². The van der Waals surface area contributed by atoms with Crippen molar-refractivity contribution in [2.24, 2.45) is 0 Å². The summed E-state index contributed by atoms with van der Waals surface area (Å²) in [6, 6.07) is 5.25. The molecule has 0 spiro atoms. The van der Waals surface area contributed by atoms with Gasteiger partial charge in [-0.25, -0.2) is 4.39 Å². The number of hydrogen-bond acceptors (Lipinski definition) is 3. The van der Waals surface area contributed by atoms with Crippen molar-refractivity contribution in [1.82, 2.24) is 15.4 Å². The fourth-order valence-electron chi connectivity index (χ4n) is 1.40. The van der Waals surface area contributed by atoms with E-state index in [0.29, 0.717) is 12.1 Å². The zero-order chi connectivity index (χ0) is 13.0. The van der Waals surface area contributed by atoms with Crippen molar-refractivity contribution in [3.05, 3.63) is 35.6 Å². The Morgan fingerprint density at radius 2 is 2.17 bits per heavy atom. The summed E-state index contributed by atoms with van der Waals surface area (Å²) in [4.78, 5) is 13.3. The molecule has 2 rings (SSSR count). The summed E-state index contributed by atoms with van der Waals surface area (Å²) in [5, 5.41) is 13.0. The molecule has 1 aromatic heterocycles. The first-order valence-electron chi connectivity index (χ1n) is 5.58. The summed E-state index contributed by atoms with van der Waals surface area (Å²) in [5.74, 6) is -0.569. The lowest BCUT2D eigenvalue weighted by Gasteiger charge is -1.97. The summed E-state index contributed by atoms with van der Waals surface area (Å²) < 4.78 is 12.7. The van der Waals surface area contributed by atoms with Gasteiger partial charge >= 0.3 is 5.95 Å². The van der Waals surface area contributed by atoms with Gasteiger partial charge in [0.05, 0.1) is 5.10 Å². The van der Waals surface area contributed by atoms with Crippen molar-refractivity contribution in [1.29, 1.82) is 0 Å². The van der Waals surface area contributed by atoms with E-state index >= 15 is 0 Å². The topological polar surface area (TPSA) is 74.5 Å². The third kappa shape index (κ3) is 2.88. The average molecular weight is 250 g/mol. The van der Waals surface area contributed by atoms with Crippen LogP contribution >= 0.6 is 0 Å². The number of halogens is 1. The first-order valence-corrected chi connectivity index (χ1v) is 5.58. The van der Waals surface area contributed by atoms with E-state index in [9.17, 15) is 9.18 Å². The summed E-state index contributed by atoms with van der Waals surface area (Å²) in [6.07, 6.45) is 0.908. The SMILES string of the molecule is CCC[n+]1nc(NC(=O)c2ccc(F)cc2)n[nH]1. The molecule has 0 fully saturated rings. The van der Waals surface area contributed by atoms with Crippen LogP contribution in [0.25, 0.3) is 0 Å². The van der Waals surface area contributed by atoms with Crippen LogP contribution in [-0.4, -0.2) is 21.3 Å². The molecule has 0 aliphatic heterocycles. The van der Waals surface area contributed by atoms with Crippen molar-refractivity contribution in [2.75, 3.05) is 5.32 Å². The van der Waals surface area contributed by atoms with Crippen molar-refractivity contribution < 1.29 is 14.0 Å². The number of H-pyrrole nitrogens is 1. The second kappa shape index (κ2) is 5.35. The standard InChI is InChI=1S/C11H12FN5O/c1-2-7-17-15-11(14-16-17)13-10(18)8-3-5-9(12)6-4-8/h3-6H,2,7H2,1H3,(H,13,15,18)/p+1. The van der Waals surface area contributed by atoms with E-state index in [4.69, 9.17) is 0 Å². The van der Waals surface area contributed by atoms with E-state index in [1.807, 2.05) is 6.92 Å². The van der Waals surface area contributed by atoms with Gasteiger partial charge in [0, 0.05) is 10.7 Å². The minimum Gasteiger partial charge on any atom is -0.269 e. The third-order valence-corrected chi connectivity index (χ3v) is 2.25. The lowest BCUT2D eigenvalue weighted by molar-refractivity contribution is -0.804. The quantitative estimate of drug-likeness (QED) is 0.791. The van der Waals surface area contributed by atoms with Gasteiger partial charge in [-0.05, 0) is 35.9 Å². The van der Waals surface area contributed by atoms with E-state index in [-0.39, 0.29) is 17.7 Å². The molecule has 0 saturated heterocycles. The predicted octanol–water partition coefficient (Wildman–Crippen LogP) is 0.894. The average Bonchev–Trinajstić information content (AvgIpc) is 2.78. The maximum Gasteiger partial charge on any atom is 0.407 e. The molecular formula is C11H13FN5O+. The fourth-order valence-corrected chi connectivity index (χ4v) is 1.40. The Labute approximate surface area is 103 Å². The number of aryl methyl sites for hydroxylation is 1. The van der Waals surface area contributed by atoms with Crippen molar-refractivity contribution in [3.63, 3.8) is 0 Å². The van der Waals surface area contributed by atoms with Crippen molar-refractivity contribution in [3.8, 4) is 0 Å². The molecule has 2 N–H and O–H groups in total. The largest absolute Gasteiger partial charge is 0.407 e. The monoisotopic (exact) mass is 250 g/mol. The van der Waals surface area contributed by atoms with Gasteiger partial charge in [0.25, 0.3) is 5.91 Å². The zero-order valence-corrected chi connectivity index (χ0v) is 9.85. The molecule has 7 heteroatoms. The van der Waals surface area contributed by atoms with Crippen LogP contribution in [0.3, 0.4) is 0 Å². The maximum atomic E-state index is 12.7. The van der Waals surface area contributed by atoms with Crippen LogP contribution in [0.15, 0.2) is 24.3 Å². The number of amides is 1. The second-order valence-electron chi connectivity index (χ2n) is 3.72. The lowest BCUT2D eigenvalue weighted by atomic mass is 10.2. The smallest absolute Gasteiger partial charge is 0.269 e. The number of aromatic amines is 1. The van der Waals surface area contributed by atoms with Gasteiger partial charge in [-0.15, -0.1) is 0 Å². The number of benzene rings is 1. The number of rotatable bonds is 4. The Morgan fingerprint density at radius 3 is 2.83 bits per heavy atom. The first-order chi connectivity index (χ1) is 8.69. The molecule has 1 heterocycles. The lowest BCUT2D eigenvalue weighted by Crippen LogP contribution is -2.38. The molecule has 6 nitrogen and oxygen atoms in total. The first kappa shape index (κ1) is 12.2. The highest BCUT2D eigenvalue weighted by Gasteiger charge is 2.15. The molecule has 94 valence electrons. The number of tetrazole rings is 1. The van der Waals surface area contributed by atoms with Crippen LogP contribution in [0.1, 0.15) is 23.7 Å². The fraction of sp³-hybridized carbons (Fsp3) is 0.273. The highest BCUT2D eigenvalue weighted by atomic mass is 19.1. The minimum atomic E-state index is -0.384. The second-order valence-corrected chi connectivity index (χ2v) is 3.72. The van der Waals surface area contributed by atoms with E-state index < -0.39 is 0 Å². The maximum absolute atomic E-state index is 12.7. The molecule has 0 bridgehead atoms. The number of anilines is 1. The molecule has 0 aliphatic carbocycles. The summed E-state index contributed by atoms with van der Waals surface area (Å²) in [7, 11) is 0. The summed E-state index contributed by atoms with van der Waals surface area (Å²) in [5.41, 5.74) is 0.350. The highest BCUT2D eigenvalue weighted by Crippen LogP contribution is 2.04. The molecular weight excluding hydrogens is 237 g/mol. The van der Waals surface area contributed by atoms with Gasteiger partial charge in [-0.1, -0.05) is 11.7 Å². The van der Waals surface area contributed by atoms with Gasteiger partial charge in [0.2, 0.25) is 0 Å². The van der Waals surface area contributed by atoms with Crippen LogP contribution in [-0.2, 0) is 6.54 Å². The number of carbonyl (C=O) groups is 1.